The van der Waals surface area contributed by atoms with Crippen LogP contribution in [0.4, 0.5) is 26.5 Å². The van der Waals surface area contributed by atoms with E-state index in [0.717, 1.165) is 5.56 Å². The smallest absolute Gasteiger partial charge is 0.319 e. The van der Waals surface area contributed by atoms with Crippen molar-refractivity contribution in [3.63, 3.8) is 0 Å². The van der Waals surface area contributed by atoms with Crippen LogP contribution in [-0.2, 0) is 0 Å². The molecule has 0 bridgehead atoms. The van der Waals surface area contributed by atoms with Gasteiger partial charge < -0.3 is 21.1 Å². The molecule has 2 heterocycles. The van der Waals surface area contributed by atoms with E-state index in [1.807, 2.05) is 6.92 Å². The number of nitrogens with zero attached hydrogens (tertiary/aromatic N) is 4. The Morgan fingerprint density at radius 3 is 2.77 bits per heavy atom. The molecule has 0 spiro atoms. The van der Waals surface area contributed by atoms with E-state index in [1.165, 1.54) is 29.1 Å². The lowest BCUT2D eigenvalue weighted by atomic mass is 10.1. The number of aliphatic hydroxyl groups is 1. The Bertz CT molecular complexity index is 1370. The van der Waals surface area contributed by atoms with Crippen molar-refractivity contribution < 1.29 is 14.3 Å². The molecule has 4 N–H and O–H groups in total. The van der Waals surface area contributed by atoms with Gasteiger partial charge in [-0.1, -0.05) is 35.3 Å². The molecule has 0 aliphatic carbocycles. The van der Waals surface area contributed by atoms with Crippen LogP contribution in [0.1, 0.15) is 17.2 Å². The second kappa shape index (κ2) is 10.7. The Balaban J connectivity index is 1.47. The lowest BCUT2D eigenvalue weighted by Gasteiger charge is -2.17. The Morgan fingerprint density at radius 2 is 2.03 bits per heavy atom. The molecule has 2 aromatic heterocycles. The highest BCUT2D eigenvalue weighted by Gasteiger charge is 2.16. The van der Waals surface area contributed by atoms with Gasteiger partial charge in [0.25, 0.3) is 0 Å². The number of anilines is 3. The third kappa shape index (κ3) is 6.04. The van der Waals surface area contributed by atoms with Crippen LogP contribution in [0, 0.1) is 12.7 Å². The van der Waals surface area contributed by atoms with Gasteiger partial charge in [0.2, 0.25) is 5.95 Å². The van der Waals surface area contributed by atoms with Crippen molar-refractivity contribution in [1.82, 2.24) is 25.1 Å². The van der Waals surface area contributed by atoms with Gasteiger partial charge in [0.15, 0.2) is 5.82 Å². The topological polar surface area (TPSA) is 117 Å². The van der Waals surface area contributed by atoms with E-state index >= 15 is 0 Å². The van der Waals surface area contributed by atoms with Crippen LogP contribution in [0.5, 0.6) is 0 Å². The summed E-state index contributed by atoms with van der Waals surface area (Å²) in [4.78, 5) is 21.2. The van der Waals surface area contributed by atoms with Crippen LogP contribution in [0.25, 0.3) is 5.82 Å². The normalized spacial score (nSPS) is 11.7. The van der Waals surface area contributed by atoms with Crippen molar-refractivity contribution in [1.29, 1.82) is 0 Å². The fourth-order valence-electron chi connectivity index (χ4n) is 3.22. The first-order valence-corrected chi connectivity index (χ1v) is 11.1. The minimum atomic E-state index is -0.639. The van der Waals surface area contributed by atoms with Crippen molar-refractivity contribution in [2.75, 3.05) is 17.2 Å². The second-order valence-electron chi connectivity index (χ2n) is 7.51. The molecule has 0 fully saturated rings. The molecule has 2 amide bonds. The molecule has 4 aromatic rings. The Kier molecular flexibility index (Phi) is 7.45. The van der Waals surface area contributed by atoms with E-state index in [0.29, 0.717) is 27.8 Å². The average molecular weight is 516 g/mol. The molecule has 0 saturated heterocycles. The van der Waals surface area contributed by atoms with Gasteiger partial charge in [-0.05, 0) is 42.8 Å². The van der Waals surface area contributed by atoms with E-state index < -0.39 is 17.9 Å². The van der Waals surface area contributed by atoms with Crippen LogP contribution in [0.3, 0.4) is 0 Å². The first kappa shape index (κ1) is 24.4. The molecule has 0 unspecified atom stereocenters. The summed E-state index contributed by atoms with van der Waals surface area (Å²) in [5.41, 5.74) is 2.24. The van der Waals surface area contributed by atoms with E-state index in [-0.39, 0.29) is 17.6 Å². The standard InChI is InChI=1S/C23H20Cl2FN7O2/c1-13-9-27-22(30-19-6-5-16(26)8-18(19)25)32-21(13)33-11-17(10-28-33)29-23(35)31-20(12-34)14-3-2-4-15(24)7-14/h2-11,20,34H,12H2,1H3,(H,27,30,32)(H2,29,31,35)/t20-/m1/s1. The van der Waals surface area contributed by atoms with Crippen LogP contribution in [0.15, 0.2) is 61.1 Å². The molecule has 0 radical (unpaired) electrons. The molecule has 9 nitrogen and oxygen atoms in total. The van der Waals surface area contributed by atoms with E-state index in [4.69, 9.17) is 23.2 Å². The zero-order valence-corrected chi connectivity index (χ0v) is 19.8. The van der Waals surface area contributed by atoms with Gasteiger partial charge in [-0.15, -0.1) is 0 Å². The van der Waals surface area contributed by atoms with Crippen molar-refractivity contribution in [2.45, 2.75) is 13.0 Å². The lowest BCUT2D eigenvalue weighted by Crippen LogP contribution is -2.34. The van der Waals surface area contributed by atoms with Crippen molar-refractivity contribution in [3.8, 4) is 5.82 Å². The summed E-state index contributed by atoms with van der Waals surface area (Å²) in [6.07, 6.45) is 4.63. The maximum absolute atomic E-state index is 13.3. The fraction of sp³-hybridized carbons (Fsp3) is 0.130. The van der Waals surface area contributed by atoms with Crippen LogP contribution in [-0.4, -0.2) is 37.5 Å². The number of aromatic nitrogens is 4. The number of benzene rings is 2. The van der Waals surface area contributed by atoms with Crippen LogP contribution >= 0.6 is 23.2 Å². The zero-order chi connectivity index (χ0) is 24.9. The fourth-order valence-corrected chi connectivity index (χ4v) is 3.64. The van der Waals surface area contributed by atoms with Gasteiger partial charge in [0, 0.05) is 16.8 Å². The lowest BCUT2D eigenvalue weighted by molar-refractivity contribution is 0.225. The molecule has 0 aliphatic heterocycles. The van der Waals surface area contributed by atoms with Crippen molar-refractivity contribution in [2.24, 2.45) is 0 Å². The average Bonchev–Trinajstić information content (AvgIpc) is 3.28. The molecule has 2 aromatic carbocycles. The molecule has 35 heavy (non-hydrogen) atoms. The Morgan fingerprint density at radius 1 is 1.20 bits per heavy atom. The summed E-state index contributed by atoms with van der Waals surface area (Å²) in [5.74, 6) is 0.236. The Hall–Kier alpha value is -3.73. The molecule has 1 atom stereocenters. The first-order valence-electron chi connectivity index (χ1n) is 10.4. The SMILES string of the molecule is Cc1cnc(Nc2ccc(F)cc2Cl)nc1-n1cc(NC(=O)N[C@H](CO)c2cccc(Cl)c2)cn1. The zero-order valence-electron chi connectivity index (χ0n) is 18.3. The number of nitrogens with one attached hydrogen (secondary N) is 3. The predicted molar refractivity (Wildman–Crippen MR) is 132 cm³/mol. The van der Waals surface area contributed by atoms with Crippen LogP contribution in [0.2, 0.25) is 10.0 Å². The maximum Gasteiger partial charge on any atom is 0.319 e. The van der Waals surface area contributed by atoms with E-state index in [2.05, 4.69) is 31.0 Å². The number of carbonyl (C=O) groups excluding carboxylic acids is 1. The van der Waals surface area contributed by atoms with Gasteiger partial charge in [-0.25, -0.2) is 18.9 Å². The van der Waals surface area contributed by atoms with E-state index in [1.54, 1.807) is 36.7 Å². The molecular weight excluding hydrogens is 496 g/mol. The van der Waals surface area contributed by atoms with Gasteiger partial charge in [0.1, 0.15) is 5.82 Å². The number of hydrogen-bond acceptors (Lipinski definition) is 6. The number of hydrogen-bond donors (Lipinski definition) is 4. The summed E-state index contributed by atoms with van der Waals surface area (Å²) in [6, 6.07) is 9.64. The highest BCUT2D eigenvalue weighted by atomic mass is 35.5. The number of carbonyl (C=O) groups is 1. The molecule has 12 heteroatoms. The van der Waals surface area contributed by atoms with Gasteiger partial charge in [-0.3, -0.25) is 0 Å². The first-order chi connectivity index (χ1) is 16.8. The maximum atomic E-state index is 13.3. The largest absolute Gasteiger partial charge is 0.394 e. The highest BCUT2D eigenvalue weighted by Crippen LogP contribution is 2.25. The number of aliphatic hydroxyl groups excluding tert-OH is 1. The van der Waals surface area contributed by atoms with Crippen molar-refractivity contribution >= 4 is 46.6 Å². The number of urea groups is 1. The number of rotatable bonds is 7. The molecule has 180 valence electrons. The summed E-state index contributed by atoms with van der Waals surface area (Å²) < 4.78 is 14.8. The van der Waals surface area contributed by atoms with Gasteiger partial charge in [-0.2, -0.15) is 10.1 Å². The highest BCUT2D eigenvalue weighted by molar-refractivity contribution is 6.33. The monoisotopic (exact) mass is 515 g/mol. The molecule has 0 aliphatic rings. The number of amides is 2. The van der Waals surface area contributed by atoms with Gasteiger partial charge in [0.05, 0.1) is 41.4 Å². The summed E-state index contributed by atoms with van der Waals surface area (Å²) in [6.45, 7) is 1.50. The quantitative estimate of drug-likeness (QED) is 0.274. The number of halogens is 3. The molecular formula is C23H20Cl2FN7O2. The third-order valence-corrected chi connectivity index (χ3v) is 5.47. The summed E-state index contributed by atoms with van der Waals surface area (Å²) in [7, 11) is 0. The Labute approximate surface area is 209 Å². The summed E-state index contributed by atoms with van der Waals surface area (Å²) >= 11 is 12.1. The molecule has 0 saturated carbocycles. The second-order valence-corrected chi connectivity index (χ2v) is 8.36. The van der Waals surface area contributed by atoms with Crippen molar-refractivity contribution in [3.05, 3.63) is 88.0 Å². The third-order valence-electron chi connectivity index (χ3n) is 4.92. The summed E-state index contributed by atoms with van der Waals surface area (Å²) in [5, 5.41) is 23.0. The van der Waals surface area contributed by atoms with Crippen LogP contribution < -0.4 is 16.0 Å². The van der Waals surface area contributed by atoms with E-state index in [9.17, 15) is 14.3 Å². The molecule has 4 rings (SSSR count). The van der Waals surface area contributed by atoms with Gasteiger partial charge >= 0.3 is 6.03 Å². The minimum Gasteiger partial charge on any atom is -0.394 e. The minimum absolute atomic E-state index is 0.186. The number of aryl methyl sites for hydroxylation is 1. The predicted octanol–water partition coefficient (Wildman–Crippen LogP) is 5.02.